The largest absolute Gasteiger partial charge is 0.317 e. The molecule has 1 saturated heterocycles. The van der Waals surface area contributed by atoms with Gasteiger partial charge in [0.05, 0.1) is 0 Å². The maximum atomic E-state index is 3.48. The molecule has 0 aromatic heterocycles. The molecule has 2 nitrogen and oxygen atoms in total. The Labute approximate surface area is 130 Å². The summed E-state index contributed by atoms with van der Waals surface area (Å²) in [7, 11) is 0. The van der Waals surface area contributed by atoms with Crippen molar-refractivity contribution in [3.8, 4) is 0 Å². The van der Waals surface area contributed by atoms with E-state index in [0.717, 1.165) is 5.92 Å². The molecule has 1 atom stereocenters. The number of nitrogens with zero attached hydrogens (tertiary/aromatic N) is 1. The van der Waals surface area contributed by atoms with Crippen LogP contribution in [0.3, 0.4) is 0 Å². The predicted molar refractivity (Wildman–Crippen MR) is 91.6 cm³/mol. The van der Waals surface area contributed by atoms with Crippen molar-refractivity contribution in [3.63, 3.8) is 0 Å². The minimum Gasteiger partial charge on any atom is -0.317 e. The van der Waals surface area contributed by atoms with Crippen molar-refractivity contribution in [3.05, 3.63) is 35.4 Å². The van der Waals surface area contributed by atoms with E-state index in [1.807, 2.05) is 0 Å². The van der Waals surface area contributed by atoms with Crippen LogP contribution in [0.25, 0.3) is 0 Å². The maximum Gasteiger partial charge on any atom is 0.0348 e. The van der Waals surface area contributed by atoms with Crippen LogP contribution in [0, 0.1) is 12.8 Å². The van der Waals surface area contributed by atoms with E-state index < -0.39 is 0 Å². The minimum absolute atomic E-state index is 0.556. The van der Waals surface area contributed by atoms with Crippen LogP contribution in [0.5, 0.6) is 0 Å². The molecular formula is C19H32N2. The van der Waals surface area contributed by atoms with Crippen LogP contribution >= 0.6 is 0 Å². The lowest BCUT2D eigenvalue weighted by molar-refractivity contribution is 0.113. The first-order valence-corrected chi connectivity index (χ1v) is 8.64. The van der Waals surface area contributed by atoms with Crippen molar-refractivity contribution in [1.29, 1.82) is 0 Å². The Morgan fingerprint density at radius 2 is 1.76 bits per heavy atom. The third-order valence-electron chi connectivity index (χ3n) is 4.84. The molecule has 2 heteroatoms. The van der Waals surface area contributed by atoms with Gasteiger partial charge in [0.1, 0.15) is 0 Å². The number of rotatable bonds is 6. The van der Waals surface area contributed by atoms with Crippen LogP contribution in [0.4, 0.5) is 0 Å². The van der Waals surface area contributed by atoms with Crippen molar-refractivity contribution in [2.75, 3.05) is 19.6 Å². The molecule has 0 bridgehead atoms. The normalized spacial score (nSPS) is 18.4. The molecule has 0 amide bonds. The van der Waals surface area contributed by atoms with E-state index in [9.17, 15) is 0 Å². The summed E-state index contributed by atoms with van der Waals surface area (Å²) in [6.07, 6.45) is 3.84. The fraction of sp³-hybridized carbons (Fsp3) is 0.684. The molecule has 1 aliphatic rings. The smallest absolute Gasteiger partial charge is 0.0348 e. The average Bonchev–Trinajstić information content (AvgIpc) is 2.49. The monoisotopic (exact) mass is 288 g/mol. The third kappa shape index (κ3) is 4.55. The van der Waals surface area contributed by atoms with Crippen LogP contribution in [-0.2, 0) is 0 Å². The number of nitrogens with one attached hydrogen (secondary N) is 1. The minimum atomic E-state index is 0.556. The van der Waals surface area contributed by atoms with E-state index in [1.165, 1.54) is 50.0 Å². The van der Waals surface area contributed by atoms with Gasteiger partial charge in [0.25, 0.3) is 0 Å². The maximum absolute atomic E-state index is 3.48. The standard InChI is InChI=1S/C19H32N2/c1-5-19(18-8-6-16(4)7-9-18)21(15(2)3)14-17-10-12-20-13-11-17/h6-9,15,17,19-20H,5,10-14H2,1-4H3. The van der Waals surface area contributed by atoms with Gasteiger partial charge in [-0.3, -0.25) is 4.90 Å². The first-order valence-electron chi connectivity index (χ1n) is 8.64. The summed E-state index contributed by atoms with van der Waals surface area (Å²) in [5, 5.41) is 3.48. The molecule has 0 aliphatic carbocycles. The van der Waals surface area contributed by atoms with E-state index >= 15 is 0 Å². The number of hydrogen-bond acceptors (Lipinski definition) is 2. The third-order valence-corrected chi connectivity index (χ3v) is 4.84. The second-order valence-corrected chi connectivity index (χ2v) is 6.82. The van der Waals surface area contributed by atoms with E-state index in [1.54, 1.807) is 0 Å². The highest BCUT2D eigenvalue weighted by atomic mass is 15.2. The second kappa shape index (κ2) is 7.95. The molecule has 0 radical (unpaired) electrons. The first-order chi connectivity index (χ1) is 10.1. The zero-order valence-corrected chi connectivity index (χ0v) is 14.2. The van der Waals surface area contributed by atoms with Crippen molar-refractivity contribution >= 4 is 0 Å². The fourth-order valence-corrected chi connectivity index (χ4v) is 3.51. The molecule has 2 rings (SSSR count). The Hall–Kier alpha value is -0.860. The van der Waals surface area contributed by atoms with Gasteiger partial charge >= 0.3 is 0 Å². The molecule has 1 N–H and O–H groups in total. The molecule has 0 saturated carbocycles. The average molecular weight is 288 g/mol. The van der Waals surface area contributed by atoms with Crippen molar-refractivity contribution in [1.82, 2.24) is 10.2 Å². The quantitative estimate of drug-likeness (QED) is 0.845. The highest BCUT2D eigenvalue weighted by Gasteiger charge is 2.25. The van der Waals surface area contributed by atoms with Gasteiger partial charge in [-0.15, -0.1) is 0 Å². The Balaban J connectivity index is 2.11. The van der Waals surface area contributed by atoms with Gasteiger partial charge in [0.15, 0.2) is 0 Å². The lowest BCUT2D eigenvalue weighted by atomic mass is 9.94. The van der Waals surface area contributed by atoms with Gasteiger partial charge < -0.3 is 5.32 Å². The summed E-state index contributed by atoms with van der Waals surface area (Å²) in [4.78, 5) is 2.72. The molecule has 1 heterocycles. The summed E-state index contributed by atoms with van der Waals surface area (Å²) < 4.78 is 0. The lowest BCUT2D eigenvalue weighted by Gasteiger charge is -2.38. The van der Waals surface area contributed by atoms with Gasteiger partial charge in [0.2, 0.25) is 0 Å². The van der Waals surface area contributed by atoms with Crippen molar-refractivity contribution in [2.45, 2.75) is 59.0 Å². The summed E-state index contributed by atoms with van der Waals surface area (Å²) in [5.41, 5.74) is 2.83. The summed E-state index contributed by atoms with van der Waals surface area (Å²) in [6, 6.07) is 10.3. The van der Waals surface area contributed by atoms with Gasteiger partial charge in [0, 0.05) is 18.6 Å². The van der Waals surface area contributed by atoms with Crippen LogP contribution in [0.1, 0.15) is 57.2 Å². The number of hydrogen-bond donors (Lipinski definition) is 1. The Bertz CT molecular complexity index is 404. The van der Waals surface area contributed by atoms with Crippen LogP contribution in [0.15, 0.2) is 24.3 Å². The lowest BCUT2D eigenvalue weighted by Crippen LogP contribution is -2.41. The Morgan fingerprint density at radius 3 is 2.29 bits per heavy atom. The fourth-order valence-electron chi connectivity index (χ4n) is 3.51. The summed E-state index contributed by atoms with van der Waals surface area (Å²) in [5.74, 6) is 0.855. The van der Waals surface area contributed by atoms with Crippen LogP contribution < -0.4 is 5.32 Å². The molecule has 1 aliphatic heterocycles. The topological polar surface area (TPSA) is 15.3 Å². The van der Waals surface area contributed by atoms with Crippen molar-refractivity contribution in [2.24, 2.45) is 5.92 Å². The van der Waals surface area contributed by atoms with Gasteiger partial charge in [-0.2, -0.15) is 0 Å². The van der Waals surface area contributed by atoms with E-state index in [-0.39, 0.29) is 0 Å². The molecule has 0 spiro atoms. The molecule has 1 unspecified atom stereocenters. The summed E-state index contributed by atoms with van der Waals surface area (Å²) >= 11 is 0. The number of piperidine rings is 1. The van der Waals surface area contributed by atoms with Crippen LogP contribution in [0.2, 0.25) is 0 Å². The zero-order valence-electron chi connectivity index (χ0n) is 14.2. The van der Waals surface area contributed by atoms with Gasteiger partial charge in [-0.1, -0.05) is 36.8 Å². The zero-order chi connectivity index (χ0) is 15.2. The highest BCUT2D eigenvalue weighted by Crippen LogP contribution is 2.29. The molecule has 118 valence electrons. The number of aryl methyl sites for hydroxylation is 1. The Morgan fingerprint density at radius 1 is 1.14 bits per heavy atom. The molecule has 1 aromatic rings. The second-order valence-electron chi connectivity index (χ2n) is 6.82. The van der Waals surface area contributed by atoms with E-state index in [2.05, 4.69) is 62.2 Å². The predicted octanol–water partition coefficient (Wildman–Crippen LogP) is 4.16. The number of benzene rings is 1. The highest BCUT2D eigenvalue weighted by molar-refractivity contribution is 5.24. The molecule has 21 heavy (non-hydrogen) atoms. The Kier molecular flexibility index (Phi) is 6.25. The SMILES string of the molecule is CCC(c1ccc(C)cc1)N(CC1CCNCC1)C(C)C. The summed E-state index contributed by atoms with van der Waals surface area (Å²) in [6.45, 7) is 12.8. The van der Waals surface area contributed by atoms with Crippen LogP contribution in [-0.4, -0.2) is 30.6 Å². The van der Waals surface area contributed by atoms with E-state index in [4.69, 9.17) is 0 Å². The first kappa shape index (κ1) is 16.5. The molecular weight excluding hydrogens is 256 g/mol. The molecule has 1 aromatic carbocycles. The molecule has 1 fully saturated rings. The van der Waals surface area contributed by atoms with Gasteiger partial charge in [-0.05, 0) is 64.6 Å². The van der Waals surface area contributed by atoms with E-state index in [0.29, 0.717) is 12.1 Å². The van der Waals surface area contributed by atoms with Crippen molar-refractivity contribution < 1.29 is 0 Å². The van der Waals surface area contributed by atoms with Gasteiger partial charge in [-0.25, -0.2) is 0 Å².